The normalized spacial score (nSPS) is 10.2. The fourth-order valence-electron chi connectivity index (χ4n) is 2.07. The Balaban J connectivity index is 0.00000126. The molecule has 144 valence electrons. The predicted octanol–water partition coefficient (Wildman–Crippen LogP) is 3.00. The number of hydroxylamine groups is 2. The molecule has 0 spiro atoms. The van der Waals surface area contributed by atoms with Crippen molar-refractivity contribution in [3.8, 4) is 17.3 Å². The fraction of sp³-hybridized carbons (Fsp3) is 0.333. The topological polar surface area (TPSA) is 95.0 Å². The molecule has 0 fully saturated rings. The summed E-state index contributed by atoms with van der Waals surface area (Å²) in [6.45, 7) is 8.09. The average Bonchev–Trinajstić information content (AvgIpc) is 3.37. The summed E-state index contributed by atoms with van der Waals surface area (Å²) in [4.78, 5) is 29.5. The molecule has 0 aliphatic rings. The van der Waals surface area contributed by atoms with Crippen molar-refractivity contribution in [3.05, 3.63) is 43.3 Å². The van der Waals surface area contributed by atoms with Crippen molar-refractivity contribution >= 4 is 11.6 Å². The van der Waals surface area contributed by atoms with Crippen LogP contribution in [0.1, 0.15) is 31.0 Å². The number of ether oxygens (including phenoxy) is 1. The average molecular weight is 373 g/mol. The standard InChI is InChI=1S/C16H17N5O4.C2H6/c1-4-5-8-24-14-13-17-6-7-21(13)10-11(19-14)12-9-18-15(25-12)16(22)20(2)23-3;1-2/h4,6-7,9-10H,1,5,8H2,2-3H3;1-2H3. The molecule has 0 saturated carbocycles. The number of hydrogen-bond donors (Lipinski definition) is 0. The first-order valence-corrected chi connectivity index (χ1v) is 8.49. The van der Waals surface area contributed by atoms with Gasteiger partial charge in [0, 0.05) is 25.6 Å². The Hall–Kier alpha value is -3.20. The third-order valence-corrected chi connectivity index (χ3v) is 3.41. The van der Waals surface area contributed by atoms with Gasteiger partial charge in [0.15, 0.2) is 5.76 Å². The maximum Gasteiger partial charge on any atom is 0.332 e. The van der Waals surface area contributed by atoms with Crippen molar-refractivity contribution < 1.29 is 18.8 Å². The highest BCUT2D eigenvalue weighted by Gasteiger charge is 2.20. The number of carbonyl (C=O) groups is 1. The van der Waals surface area contributed by atoms with Gasteiger partial charge < -0.3 is 13.6 Å². The van der Waals surface area contributed by atoms with Gasteiger partial charge in [-0.15, -0.1) is 6.58 Å². The maximum absolute atomic E-state index is 12.0. The molecule has 0 aliphatic heterocycles. The van der Waals surface area contributed by atoms with E-state index in [0.717, 1.165) is 5.06 Å². The lowest BCUT2D eigenvalue weighted by atomic mass is 10.3. The molecule has 3 aromatic rings. The second-order valence-electron chi connectivity index (χ2n) is 5.03. The number of nitrogens with zero attached hydrogens (tertiary/aromatic N) is 5. The van der Waals surface area contributed by atoms with E-state index in [2.05, 4.69) is 21.5 Å². The van der Waals surface area contributed by atoms with Crippen LogP contribution in [0.5, 0.6) is 5.88 Å². The predicted molar refractivity (Wildman–Crippen MR) is 99.2 cm³/mol. The molecular formula is C18H23N5O4. The molecule has 0 aliphatic carbocycles. The van der Waals surface area contributed by atoms with Crippen LogP contribution in [-0.2, 0) is 4.84 Å². The second-order valence-corrected chi connectivity index (χ2v) is 5.03. The highest BCUT2D eigenvalue weighted by Crippen LogP contribution is 2.24. The fourth-order valence-corrected chi connectivity index (χ4v) is 2.07. The lowest BCUT2D eigenvalue weighted by molar-refractivity contribution is -0.0777. The number of aromatic nitrogens is 4. The van der Waals surface area contributed by atoms with Gasteiger partial charge >= 0.3 is 5.91 Å². The second kappa shape index (κ2) is 9.48. The molecule has 0 saturated heterocycles. The summed E-state index contributed by atoms with van der Waals surface area (Å²) in [5.41, 5.74) is 1.05. The van der Waals surface area contributed by atoms with E-state index in [-0.39, 0.29) is 5.89 Å². The lowest BCUT2D eigenvalue weighted by Gasteiger charge is -2.10. The Morgan fingerprint density at radius 3 is 2.89 bits per heavy atom. The smallest absolute Gasteiger partial charge is 0.332 e. The number of carbonyl (C=O) groups excluding carboxylic acids is 1. The zero-order chi connectivity index (χ0) is 19.8. The number of hydrogen-bond acceptors (Lipinski definition) is 7. The molecule has 1 amide bonds. The van der Waals surface area contributed by atoms with Crippen LogP contribution in [0.4, 0.5) is 0 Å². The van der Waals surface area contributed by atoms with E-state index < -0.39 is 5.91 Å². The molecule has 0 bridgehead atoms. The Morgan fingerprint density at radius 2 is 2.19 bits per heavy atom. The van der Waals surface area contributed by atoms with Crippen LogP contribution in [0.25, 0.3) is 17.1 Å². The summed E-state index contributed by atoms with van der Waals surface area (Å²) in [7, 11) is 2.84. The summed E-state index contributed by atoms with van der Waals surface area (Å²) in [5.74, 6) is 0.0978. The molecule has 0 radical (unpaired) electrons. The molecule has 27 heavy (non-hydrogen) atoms. The van der Waals surface area contributed by atoms with Crippen LogP contribution >= 0.6 is 0 Å². The van der Waals surface area contributed by atoms with Crippen molar-refractivity contribution in [3.63, 3.8) is 0 Å². The first kappa shape index (κ1) is 20.1. The lowest BCUT2D eigenvalue weighted by Crippen LogP contribution is -2.25. The number of amides is 1. The summed E-state index contributed by atoms with van der Waals surface area (Å²) in [6, 6.07) is 0. The highest BCUT2D eigenvalue weighted by molar-refractivity contribution is 5.89. The van der Waals surface area contributed by atoms with Crippen molar-refractivity contribution in [2.24, 2.45) is 0 Å². The maximum atomic E-state index is 12.0. The van der Waals surface area contributed by atoms with E-state index in [1.165, 1.54) is 20.4 Å². The summed E-state index contributed by atoms with van der Waals surface area (Å²) in [5, 5.41) is 1.02. The first-order chi connectivity index (χ1) is 13.1. The Kier molecular flexibility index (Phi) is 7.07. The summed E-state index contributed by atoms with van der Waals surface area (Å²) >= 11 is 0. The van der Waals surface area contributed by atoms with Crippen LogP contribution < -0.4 is 4.74 Å². The molecule has 0 aromatic carbocycles. The minimum absolute atomic E-state index is 0.0963. The largest absolute Gasteiger partial charge is 0.475 e. The van der Waals surface area contributed by atoms with Gasteiger partial charge in [-0.25, -0.2) is 20.0 Å². The molecular weight excluding hydrogens is 350 g/mol. The van der Waals surface area contributed by atoms with Gasteiger partial charge in [-0.05, 0) is 6.42 Å². The SMILES string of the molecule is C=CCCOc1nc(-c2cnc(C(=O)N(C)OC)o2)cn2ccnc12.CC. The molecule has 3 aromatic heterocycles. The molecule has 9 heteroatoms. The minimum Gasteiger partial charge on any atom is -0.475 e. The van der Waals surface area contributed by atoms with Crippen LogP contribution in [0.2, 0.25) is 0 Å². The Bertz CT molecular complexity index is 902. The third kappa shape index (κ3) is 4.50. The van der Waals surface area contributed by atoms with Crippen molar-refractivity contribution in [1.29, 1.82) is 0 Å². The first-order valence-electron chi connectivity index (χ1n) is 8.49. The molecule has 3 heterocycles. The number of imidazole rings is 1. The monoisotopic (exact) mass is 373 g/mol. The van der Waals surface area contributed by atoms with Crippen molar-refractivity contribution in [2.75, 3.05) is 20.8 Å². The molecule has 0 unspecified atom stereocenters. The summed E-state index contributed by atoms with van der Waals surface area (Å²) in [6.07, 6.45) is 9.00. The summed E-state index contributed by atoms with van der Waals surface area (Å²) < 4.78 is 12.9. The number of fused-ring (bicyclic) bond motifs is 1. The van der Waals surface area contributed by atoms with Crippen molar-refractivity contribution in [1.82, 2.24) is 24.4 Å². The van der Waals surface area contributed by atoms with Crippen molar-refractivity contribution in [2.45, 2.75) is 20.3 Å². The zero-order valence-corrected chi connectivity index (χ0v) is 15.9. The van der Waals surface area contributed by atoms with Gasteiger partial charge in [-0.1, -0.05) is 19.9 Å². The molecule has 0 N–H and O–H groups in total. The number of oxazole rings is 1. The van der Waals surface area contributed by atoms with Crippen LogP contribution in [0, 0.1) is 0 Å². The van der Waals surface area contributed by atoms with Crippen LogP contribution in [0.3, 0.4) is 0 Å². The van der Waals surface area contributed by atoms with Crippen LogP contribution in [0.15, 0.2) is 41.9 Å². The highest BCUT2D eigenvalue weighted by atomic mass is 16.7. The van der Waals surface area contributed by atoms with E-state index in [1.54, 1.807) is 29.1 Å². The minimum atomic E-state index is -0.500. The quantitative estimate of drug-likeness (QED) is 0.357. The van der Waals surface area contributed by atoms with Gasteiger partial charge in [0.25, 0.3) is 11.8 Å². The molecule has 3 rings (SSSR count). The van der Waals surface area contributed by atoms with Gasteiger partial charge in [-0.3, -0.25) is 9.63 Å². The van der Waals surface area contributed by atoms with E-state index in [9.17, 15) is 4.79 Å². The van der Waals surface area contributed by atoms with Gasteiger partial charge in [-0.2, -0.15) is 0 Å². The molecule has 0 atom stereocenters. The van der Waals surface area contributed by atoms with E-state index in [0.29, 0.717) is 36.0 Å². The Labute approximate surface area is 157 Å². The number of rotatable bonds is 7. The third-order valence-electron chi connectivity index (χ3n) is 3.41. The van der Waals surface area contributed by atoms with E-state index in [1.807, 2.05) is 13.8 Å². The molecule has 9 nitrogen and oxygen atoms in total. The van der Waals surface area contributed by atoms with Gasteiger partial charge in [0.1, 0.15) is 5.69 Å². The zero-order valence-electron chi connectivity index (χ0n) is 15.9. The van der Waals surface area contributed by atoms with E-state index >= 15 is 0 Å². The van der Waals surface area contributed by atoms with Crippen LogP contribution in [-0.4, -0.2) is 51.1 Å². The Morgan fingerprint density at radius 1 is 1.41 bits per heavy atom. The van der Waals surface area contributed by atoms with E-state index in [4.69, 9.17) is 14.0 Å². The van der Waals surface area contributed by atoms with Gasteiger partial charge in [0.2, 0.25) is 5.65 Å². The van der Waals surface area contributed by atoms with Gasteiger partial charge in [0.05, 0.1) is 19.9 Å².